The van der Waals surface area contributed by atoms with Crippen LogP contribution in [0.4, 0.5) is 8.78 Å². The van der Waals surface area contributed by atoms with Gasteiger partial charge in [-0.25, -0.2) is 8.78 Å². The van der Waals surface area contributed by atoms with Crippen LogP contribution in [-0.4, -0.2) is 5.78 Å². The highest BCUT2D eigenvalue weighted by Crippen LogP contribution is 2.26. The first-order chi connectivity index (χ1) is 10.4. The molecule has 0 aromatic heterocycles. The summed E-state index contributed by atoms with van der Waals surface area (Å²) in [6.07, 6.45) is 1.60. The minimum absolute atomic E-state index is 0.247. The molecule has 2 rings (SSSR count). The quantitative estimate of drug-likeness (QED) is 0.634. The van der Waals surface area contributed by atoms with Crippen LogP contribution in [-0.2, 0) is 6.42 Å². The maximum Gasteiger partial charge on any atom is 0.194 e. The van der Waals surface area contributed by atoms with Gasteiger partial charge in [-0.15, -0.1) is 0 Å². The summed E-state index contributed by atoms with van der Waals surface area (Å²) in [6.45, 7) is 4.12. The van der Waals surface area contributed by atoms with Gasteiger partial charge in [-0.3, -0.25) is 4.79 Å². The zero-order valence-corrected chi connectivity index (χ0v) is 14.1. The van der Waals surface area contributed by atoms with Crippen molar-refractivity contribution in [3.8, 4) is 0 Å². The molecule has 116 valence electrons. The van der Waals surface area contributed by atoms with Crippen LogP contribution in [0.5, 0.6) is 0 Å². The summed E-state index contributed by atoms with van der Waals surface area (Å²) in [6, 6.07) is 8.15. The zero-order valence-electron chi connectivity index (χ0n) is 12.5. The van der Waals surface area contributed by atoms with Crippen LogP contribution < -0.4 is 0 Å². The third-order valence-corrected chi connectivity index (χ3v) is 4.41. The molecule has 2 aromatic rings. The molecule has 0 spiro atoms. The molecule has 1 nitrogen and oxygen atoms in total. The van der Waals surface area contributed by atoms with Gasteiger partial charge in [0, 0.05) is 15.6 Å². The van der Waals surface area contributed by atoms with E-state index in [1.165, 1.54) is 30.3 Å². The Morgan fingerprint density at radius 1 is 1.18 bits per heavy atom. The molecule has 0 fully saturated rings. The van der Waals surface area contributed by atoms with Crippen LogP contribution in [0, 0.1) is 17.6 Å². The number of hydrogen-bond acceptors (Lipinski definition) is 1. The predicted molar refractivity (Wildman–Crippen MR) is 87.1 cm³/mol. The Morgan fingerprint density at radius 2 is 1.82 bits per heavy atom. The Morgan fingerprint density at radius 3 is 2.41 bits per heavy atom. The molecule has 4 heteroatoms. The molecule has 2 aromatic carbocycles. The second-order valence-electron chi connectivity index (χ2n) is 5.48. The topological polar surface area (TPSA) is 17.1 Å². The summed E-state index contributed by atoms with van der Waals surface area (Å²) >= 11 is 3.34. The highest BCUT2D eigenvalue weighted by atomic mass is 79.9. The molecule has 0 radical (unpaired) electrons. The summed E-state index contributed by atoms with van der Waals surface area (Å²) in [5, 5.41) is 0. The van der Waals surface area contributed by atoms with E-state index in [0.717, 1.165) is 6.42 Å². The molecule has 0 aliphatic carbocycles. The summed E-state index contributed by atoms with van der Waals surface area (Å²) in [4.78, 5) is 12.4. The van der Waals surface area contributed by atoms with Crippen LogP contribution in [0.1, 0.15) is 41.8 Å². The van der Waals surface area contributed by atoms with Crippen molar-refractivity contribution in [3.05, 3.63) is 69.2 Å². The fourth-order valence-corrected chi connectivity index (χ4v) is 2.77. The molecule has 1 atom stereocenters. The Balaban J connectivity index is 2.34. The van der Waals surface area contributed by atoms with Crippen LogP contribution in [0.2, 0.25) is 0 Å². The predicted octanol–water partition coefficient (Wildman–Crippen LogP) is 5.55. The lowest BCUT2D eigenvalue weighted by atomic mass is 9.96. The lowest BCUT2D eigenvalue weighted by molar-refractivity contribution is 0.103. The second-order valence-corrected chi connectivity index (χ2v) is 6.33. The molecule has 0 amide bonds. The van der Waals surface area contributed by atoms with Crippen LogP contribution in [0.3, 0.4) is 0 Å². The third-order valence-electron chi connectivity index (χ3n) is 3.75. The van der Waals surface area contributed by atoms with Gasteiger partial charge in [0.1, 0.15) is 11.6 Å². The highest BCUT2D eigenvalue weighted by Gasteiger charge is 2.17. The van der Waals surface area contributed by atoms with E-state index in [9.17, 15) is 13.6 Å². The number of carbonyl (C=O) groups is 1. The number of rotatable bonds is 5. The molecule has 0 saturated carbocycles. The number of benzene rings is 2. The Hall–Kier alpha value is -1.55. The van der Waals surface area contributed by atoms with Gasteiger partial charge >= 0.3 is 0 Å². The minimum atomic E-state index is -0.411. The van der Waals surface area contributed by atoms with Crippen molar-refractivity contribution < 1.29 is 13.6 Å². The summed E-state index contributed by atoms with van der Waals surface area (Å²) in [5.41, 5.74) is 1.17. The van der Waals surface area contributed by atoms with Crippen molar-refractivity contribution in [1.82, 2.24) is 0 Å². The van der Waals surface area contributed by atoms with E-state index in [2.05, 4.69) is 29.8 Å². The first kappa shape index (κ1) is 16.8. The number of hydrogen-bond donors (Lipinski definition) is 0. The number of ketones is 1. The normalized spacial score (nSPS) is 12.2. The van der Waals surface area contributed by atoms with Gasteiger partial charge in [0.25, 0.3) is 0 Å². The van der Waals surface area contributed by atoms with E-state index in [0.29, 0.717) is 27.9 Å². The van der Waals surface area contributed by atoms with Crippen LogP contribution >= 0.6 is 15.9 Å². The molecular weight excluding hydrogens is 350 g/mol. The van der Waals surface area contributed by atoms with E-state index in [4.69, 9.17) is 0 Å². The monoisotopic (exact) mass is 366 g/mol. The Bertz CT molecular complexity index is 680. The van der Waals surface area contributed by atoms with Gasteiger partial charge in [0.05, 0.1) is 0 Å². The van der Waals surface area contributed by atoms with E-state index in [1.807, 2.05) is 0 Å². The van der Waals surface area contributed by atoms with Gasteiger partial charge < -0.3 is 0 Å². The molecule has 22 heavy (non-hydrogen) atoms. The Labute approximate surface area is 137 Å². The minimum Gasteiger partial charge on any atom is -0.289 e. The molecule has 1 unspecified atom stereocenters. The van der Waals surface area contributed by atoms with Gasteiger partial charge in [-0.2, -0.15) is 0 Å². The molecular formula is C18H17BrF2O. The number of carbonyl (C=O) groups excluding carboxylic acids is 1. The maximum atomic E-state index is 14.2. The van der Waals surface area contributed by atoms with E-state index < -0.39 is 5.82 Å². The first-order valence-electron chi connectivity index (χ1n) is 7.20. The first-order valence-corrected chi connectivity index (χ1v) is 7.99. The average Bonchev–Trinajstić information content (AvgIpc) is 2.50. The Kier molecular flexibility index (Phi) is 5.46. The van der Waals surface area contributed by atoms with Crippen molar-refractivity contribution in [2.45, 2.75) is 26.7 Å². The maximum absolute atomic E-state index is 14.2. The molecule has 0 aliphatic heterocycles. The van der Waals surface area contributed by atoms with E-state index >= 15 is 0 Å². The fourth-order valence-electron chi connectivity index (χ4n) is 2.19. The van der Waals surface area contributed by atoms with Gasteiger partial charge in [0.15, 0.2) is 5.78 Å². The smallest absolute Gasteiger partial charge is 0.194 e. The molecule has 0 aliphatic rings. The summed E-state index contributed by atoms with van der Waals surface area (Å²) < 4.78 is 27.7. The van der Waals surface area contributed by atoms with Crippen LogP contribution in [0.25, 0.3) is 0 Å². The highest BCUT2D eigenvalue weighted by molar-refractivity contribution is 9.10. The largest absolute Gasteiger partial charge is 0.289 e. The SMILES string of the molecule is CCC(C)Cc1cc(Br)c(C(=O)c2ccc(F)cc2)cc1F. The standard InChI is InChI=1S/C18H17BrF2O/c1-3-11(2)8-13-9-16(19)15(10-17(13)21)18(22)12-4-6-14(20)7-5-12/h4-7,9-11H,3,8H2,1-2H3. The van der Waals surface area contributed by atoms with Crippen molar-refractivity contribution in [2.75, 3.05) is 0 Å². The second kappa shape index (κ2) is 7.14. The third kappa shape index (κ3) is 3.80. The van der Waals surface area contributed by atoms with Crippen molar-refractivity contribution >= 4 is 21.7 Å². The number of halogens is 3. The van der Waals surface area contributed by atoms with Crippen LogP contribution in [0.15, 0.2) is 40.9 Å². The van der Waals surface area contributed by atoms with Crippen molar-refractivity contribution in [2.24, 2.45) is 5.92 Å². The molecule has 0 bridgehead atoms. The fraction of sp³-hybridized carbons (Fsp3) is 0.278. The zero-order chi connectivity index (χ0) is 16.3. The average molecular weight is 367 g/mol. The van der Waals surface area contributed by atoms with Crippen molar-refractivity contribution in [3.63, 3.8) is 0 Å². The van der Waals surface area contributed by atoms with Gasteiger partial charge in [0.2, 0.25) is 0 Å². The van der Waals surface area contributed by atoms with Gasteiger partial charge in [-0.1, -0.05) is 36.2 Å². The summed E-state index contributed by atoms with van der Waals surface area (Å²) in [7, 11) is 0. The van der Waals surface area contributed by atoms with Gasteiger partial charge in [-0.05, 0) is 54.3 Å². The summed E-state index contributed by atoms with van der Waals surface area (Å²) in [5.74, 6) is -0.749. The molecule has 0 N–H and O–H groups in total. The lowest BCUT2D eigenvalue weighted by Gasteiger charge is -2.12. The molecule has 0 saturated heterocycles. The van der Waals surface area contributed by atoms with E-state index in [1.54, 1.807) is 6.07 Å². The van der Waals surface area contributed by atoms with E-state index in [-0.39, 0.29) is 17.2 Å². The van der Waals surface area contributed by atoms with Crippen molar-refractivity contribution in [1.29, 1.82) is 0 Å². The molecule has 0 heterocycles. The lowest BCUT2D eigenvalue weighted by Crippen LogP contribution is -2.06.